The first-order valence-corrected chi connectivity index (χ1v) is 13.5. The summed E-state index contributed by atoms with van der Waals surface area (Å²) in [5, 5.41) is 5.09. The van der Waals surface area contributed by atoms with Crippen molar-refractivity contribution in [2.75, 3.05) is 5.32 Å². The van der Waals surface area contributed by atoms with E-state index in [4.69, 9.17) is 4.74 Å². The Morgan fingerprint density at radius 3 is 2.57 bits per heavy atom. The first kappa shape index (κ1) is 24.6. The number of pyridine rings is 1. The van der Waals surface area contributed by atoms with E-state index in [1.807, 2.05) is 31.4 Å². The SMILES string of the molecule is Cc1ccc(NC(=O)c2ccc(OC(C)C)cc2)cc1S(=O)(=O)Cc1nc(-c2cccnc2)cs1. The van der Waals surface area contributed by atoms with Gasteiger partial charge in [-0.2, -0.15) is 0 Å². The molecule has 1 N–H and O–H groups in total. The van der Waals surface area contributed by atoms with E-state index < -0.39 is 9.84 Å². The van der Waals surface area contributed by atoms with Gasteiger partial charge in [0.05, 0.1) is 16.7 Å². The molecule has 4 aromatic rings. The molecule has 0 radical (unpaired) electrons. The van der Waals surface area contributed by atoms with E-state index in [-0.39, 0.29) is 22.7 Å². The largest absolute Gasteiger partial charge is 0.491 e. The maximum absolute atomic E-state index is 13.2. The van der Waals surface area contributed by atoms with Crippen molar-refractivity contribution in [3.63, 3.8) is 0 Å². The van der Waals surface area contributed by atoms with Gasteiger partial charge in [-0.15, -0.1) is 11.3 Å². The second kappa shape index (κ2) is 10.4. The number of hydrogen-bond acceptors (Lipinski definition) is 7. The molecule has 1 amide bonds. The molecule has 0 spiro atoms. The summed E-state index contributed by atoms with van der Waals surface area (Å²) < 4.78 is 32.1. The van der Waals surface area contributed by atoms with Gasteiger partial charge in [0.1, 0.15) is 16.5 Å². The van der Waals surface area contributed by atoms with Crippen LogP contribution in [0.25, 0.3) is 11.3 Å². The van der Waals surface area contributed by atoms with Crippen molar-refractivity contribution in [2.24, 2.45) is 0 Å². The Morgan fingerprint density at radius 2 is 1.89 bits per heavy atom. The van der Waals surface area contributed by atoms with E-state index in [2.05, 4.69) is 15.3 Å². The topological polar surface area (TPSA) is 98.2 Å². The van der Waals surface area contributed by atoms with Gasteiger partial charge in [0.2, 0.25) is 0 Å². The molecule has 0 bridgehead atoms. The summed E-state index contributed by atoms with van der Waals surface area (Å²) in [5.41, 5.74) is 2.96. The van der Waals surface area contributed by atoms with Crippen molar-refractivity contribution in [1.29, 1.82) is 0 Å². The van der Waals surface area contributed by atoms with Gasteiger partial charge in [0, 0.05) is 34.6 Å². The average Bonchev–Trinajstić information content (AvgIpc) is 3.28. The molecule has 0 saturated carbocycles. The lowest BCUT2D eigenvalue weighted by molar-refractivity contribution is 0.102. The van der Waals surface area contributed by atoms with Crippen molar-refractivity contribution in [3.8, 4) is 17.0 Å². The van der Waals surface area contributed by atoms with Crippen molar-refractivity contribution >= 4 is 32.8 Å². The molecule has 4 rings (SSSR count). The summed E-state index contributed by atoms with van der Waals surface area (Å²) in [6.07, 6.45) is 3.40. The van der Waals surface area contributed by atoms with Gasteiger partial charge < -0.3 is 10.1 Å². The lowest BCUT2D eigenvalue weighted by Gasteiger charge is -2.12. The molecule has 180 valence electrons. The zero-order chi connectivity index (χ0) is 25.0. The molecule has 7 nitrogen and oxygen atoms in total. The fourth-order valence-corrected chi connectivity index (χ4v) is 6.17. The minimum atomic E-state index is -3.69. The summed E-state index contributed by atoms with van der Waals surface area (Å²) in [6, 6.07) is 15.3. The fourth-order valence-electron chi connectivity index (χ4n) is 3.44. The molecule has 0 unspecified atom stereocenters. The highest BCUT2D eigenvalue weighted by atomic mass is 32.2. The van der Waals surface area contributed by atoms with Crippen molar-refractivity contribution in [2.45, 2.75) is 37.5 Å². The number of hydrogen-bond donors (Lipinski definition) is 1. The highest BCUT2D eigenvalue weighted by Crippen LogP contribution is 2.27. The van der Waals surface area contributed by atoms with Gasteiger partial charge in [0.15, 0.2) is 9.84 Å². The van der Waals surface area contributed by atoms with Crippen LogP contribution in [0.2, 0.25) is 0 Å². The quantitative estimate of drug-likeness (QED) is 0.337. The van der Waals surface area contributed by atoms with Crippen molar-refractivity contribution < 1.29 is 17.9 Å². The van der Waals surface area contributed by atoms with E-state index >= 15 is 0 Å². The zero-order valence-corrected chi connectivity index (χ0v) is 21.2. The number of carbonyl (C=O) groups excluding carboxylic acids is 1. The van der Waals surface area contributed by atoms with Crippen LogP contribution in [0.5, 0.6) is 5.75 Å². The highest BCUT2D eigenvalue weighted by Gasteiger charge is 2.21. The first-order chi connectivity index (χ1) is 16.7. The Bertz CT molecular complexity index is 1430. The summed E-state index contributed by atoms with van der Waals surface area (Å²) in [6.45, 7) is 5.59. The molecule has 35 heavy (non-hydrogen) atoms. The predicted molar refractivity (Wildman–Crippen MR) is 138 cm³/mol. The minimum absolute atomic E-state index is 0.0360. The van der Waals surface area contributed by atoms with Gasteiger partial charge in [-0.05, 0) is 74.9 Å². The predicted octanol–water partition coefficient (Wildman–Crippen LogP) is 5.53. The number of carbonyl (C=O) groups is 1. The van der Waals surface area contributed by atoms with Crippen LogP contribution in [-0.4, -0.2) is 30.4 Å². The summed E-state index contributed by atoms with van der Waals surface area (Å²) in [7, 11) is -3.69. The number of nitrogens with one attached hydrogen (secondary N) is 1. The van der Waals surface area contributed by atoms with Gasteiger partial charge in [0.25, 0.3) is 5.91 Å². The van der Waals surface area contributed by atoms with Crippen molar-refractivity contribution in [1.82, 2.24) is 9.97 Å². The number of sulfone groups is 1. The van der Waals surface area contributed by atoms with Crippen LogP contribution in [0.1, 0.15) is 34.8 Å². The summed E-state index contributed by atoms with van der Waals surface area (Å²) in [4.78, 5) is 21.4. The number of benzene rings is 2. The van der Waals surface area contributed by atoms with Crippen LogP contribution in [0.3, 0.4) is 0 Å². The third-order valence-electron chi connectivity index (χ3n) is 5.09. The molecule has 2 aromatic heterocycles. The number of thiazole rings is 1. The smallest absolute Gasteiger partial charge is 0.255 e. The number of nitrogens with zero attached hydrogens (tertiary/aromatic N) is 2. The number of amides is 1. The zero-order valence-electron chi connectivity index (χ0n) is 19.6. The van der Waals surface area contributed by atoms with E-state index in [0.29, 0.717) is 33.3 Å². The van der Waals surface area contributed by atoms with Crippen LogP contribution in [-0.2, 0) is 15.6 Å². The van der Waals surface area contributed by atoms with Crippen LogP contribution in [0.4, 0.5) is 5.69 Å². The average molecular weight is 508 g/mol. The number of anilines is 1. The van der Waals surface area contributed by atoms with E-state index in [1.54, 1.807) is 55.7 Å². The second-order valence-electron chi connectivity index (χ2n) is 8.25. The molecule has 2 heterocycles. The van der Waals surface area contributed by atoms with Gasteiger partial charge >= 0.3 is 0 Å². The number of aryl methyl sites for hydroxylation is 1. The molecular formula is C26H25N3O4S2. The van der Waals surface area contributed by atoms with Crippen molar-refractivity contribution in [3.05, 3.63) is 88.5 Å². The van der Waals surface area contributed by atoms with Crippen LogP contribution in [0.15, 0.2) is 77.3 Å². The maximum Gasteiger partial charge on any atom is 0.255 e. The lowest BCUT2D eigenvalue weighted by Crippen LogP contribution is -2.13. The molecule has 2 aromatic carbocycles. The Morgan fingerprint density at radius 1 is 1.11 bits per heavy atom. The van der Waals surface area contributed by atoms with Crippen LogP contribution < -0.4 is 10.1 Å². The number of ether oxygens (including phenoxy) is 1. The van der Waals surface area contributed by atoms with E-state index in [9.17, 15) is 13.2 Å². The molecular weight excluding hydrogens is 482 g/mol. The number of aromatic nitrogens is 2. The molecule has 0 atom stereocenters. The van der Waals surface area contributed by atoms with Gasteiger partial charge in [-0.25, -0.2) is 13.4 Å². The summed E-state index contributed by atoms with van der Waals surface area (Å²) >= 11 is 1.29. The Kier molecular flexibility index (Phi) is 7.28. The fraction of sp³-hybridized carbons (Fsp3) is 0.192. The molecule has 9 heteroatoms. The molecule has 0 aliphatic heterocycles. The van der Waals surface area contributed by atoms with Gasteiger partial charge in [-0.1, -0.05) is 6.07 Å². The highest BCUT2D eigenvalue weighted by molar-refractivity contribution is 7.90. The second-order valence-corrected chi connectivity index (χ2v) is 11.2. The first-order valence-electron chi connectivity index (χ1n) is 11.0. The summed E-state index contributed by atoms with van der Waals surface area (Å²) in [5.74, 6) is 0.108. The molecule has 0 aliphatic rings. The standard InChI is InChI=1S/C26H25N3O4S2/c1-17(2)33-22-10-7-19(8-11-22)26(30)28-21-9-6-18(3)24(13-21)35(31,32)16-25-29-23(15-34-25)20-5-4-12-27-14-20/h4-15,17H,16H2,1-3H3,(H,28,30). The number of rotatable bonds is 8. The maximum atomic E-state index is 13.2. The third-order valence-corrected chi connectivity index (χ3v) is 7.89. The monoisotopic (exact) mass is 507 g/mol. The Balaban J connectivity index is 1.50. The Hall–Kier alpha value is -3.56. The minimum Gasteiger partial charge on any atom is -0.491 e. The lowest BCUT2D eigenvalue weighted by atomic mass is 10.2. The van der Waals surface area contributed by atoms with E-state index in [0.717, 1.165) is 5.56 Å². The van der Waals surface area contributed by atoms with E-state index in [1.165, 1.54) is 17.4 Å². The normalized spacial score (nSPS) is 11.4. The van der Waals surface area contributed by atoms with Crippen LogP contribution in [0, 0.1) is 6.92 Å². The third kappa shape index (κ3) is 6.12. The van der Waals surface area contributed by atoms with Crippen LogP contribution >= 0.6 is 11.3 Å². The Labute approximate surface area is 208 Å². The van der Waals surface area contributed by atoms with Gasteiger partial charge in [-0.3, -0.25) is 9.78 Å². The molecule has 0 fully saturated rings. The molecule has 0 aliphatic carbocycles. The molecule has 0 saturated heterocycles.